The maximum Gasteiger partial charge on any atom is 0.269 e. The number of amides is 4. The first-order valence-electron chi connectivity index (χ1n) is 11.9. The molecule has 0 bridgehead atoms. The zero-order valence-electron chi connectivity index (χ0n) is 21.2. The van der Waals surface area contributed by atoms with E-state index in [2.05, 4.69) is 5.32 Å². The van der Waals surface area contributed by atoms with Gasteiger partial charge in [-0.25, -0.2) is 0 Å². The molecular weight excluding hydrogens is 486 g/mol. The minimum atomic E-state index is -2.42. The Morgan fingerprint density at radius 3 is 2.38 bits per heavy atom. The molecule has 0 saturated carbocycles. The Morgan fingerprint density at radius 2 is 1.84 bits per heavy atom. The molecule has 13 heteroatoms. The standard InChI is InChI=1S/C24H31N5O8/c1-14(25)20(32)27-13-5-6-17(27)21(33)28-19(31)12-11-18(30)24(28,23(2,3)37-4)22(34)26-15-7-9-16(10-8-15)29(35)36/h7-10,14,17H,5-6,11-13,25H2,1-4H3,(H,26,34)/t14-,17-,24+/m0/s1. The van der Waals surface area contributed by atoms with Crippen LogP contribution in [-0.2, 0) is 28.7 Å². The molecule has 37 heavy (non-hydrogen) atoms. The summed E-state index contributed by atoms with van der Waals surface area (Å²) in [5, 5.41) is 13.5. The van der Waals surface area contributed by atoms with Crippen LogP contribution in [0.25, 0.3) is 0 Å². The number of likely N-dealkylation sites (tertiary alicyclic amines) is 2. The van der Waals surface area contributed by atoms with E-state index in [0.29, 0.717) is 11.3 Å². The lowest BCUT2D eigenvalue weighted by Crippen LogP contribution is -2.78. The van der Waals surface area contributed by atoms with Crippen LogP contribution in [0.1, 0.15) is 46.5 Å². The van der Waals surface area contributed by atoms with Crippen LogP contribution in [-0.4, -0.2) is 81.0 Å². The van der Waals surface area contributed by atoms with Crippen molar-refractivity contribution in [1.29, 1.82) is 0 Å². The molecule has 0 unspecified atom stereocenters. The highest BCUT2D eigenvalue weighted by molar-refractivity contribution is 6.24. The molecule has 2 saturated heterocycles. The number of benzene rings is 1. The summed E-state index contributed by atoms with van der Waals surface area (Å²) in [6.45, 7) is 4.55. The van der Waals surface area contributed by atoms with Crippen molar-refractivity contribution in [2.75, 3.05) is 19.0 Å². The first kappa shape index (κ1) is 27.9. The van der Waals surface area contributed by atoms with E-state index in [4.69, 9.17) is 10.5 Å². The van der Waals surface area contributed by atoms with Gasteiger partial charge >= 0.3 is 0 Å². The van der Waals surface area contributed by atoms with Crippen molar-refractivity contribution in [3.8, 4) is 0 Å². The highest BCUT2D eigenvalue weighted by Crippen LogP contribution is 2.40. The number of nitro benzene ring substituents is 1. The van der Waals surface area contributed by atoms with Gasteiger partial charge in [-0.1, -0.05) is 0 Å². The normalized spacial score (nSPS) is 23.1. The van der Waals surface area contributed by atoms with Crippen LogP contribution in [0, 0.1) is 10.1 Å². The molecule has 3 atom stereocenters. The van der Waals surface area contributed by atoms with Crippen LogP contribution in [0.3, 0.4) is 0 Å². The highest BCUT2D eigenvalue weighted by atomic mass is 16.6. The number of nitrogens with one attached hydrogen (secondary N) is 1. The Kier molecular flexibility index (Phi) is 7.79. The van der Waals surface area contributed by atoms with Crippen molar-refractivity contribution in [3.05, 3.63) is 34.4 Å². The zero-order chi connectivity index (χ0) is 27.7. The van der Waals surface area contributed by atoms with E-state index in [1.165, 1.54) is 44.9 Å². The second-order valence-electron chi connectivity index (χ2n) is 9.65. The lowest BCUT2D eigenvalue weighted by atomic mass is 9.71. The van der Waals surface area contributed by atoms with Crippen molar-refractivity contribution in [3.63, 3.8) is 0 Å². The number of Topliss-reactive ketones (excluding diaryl/α,β-unsaturated/α-hetero) is 1. The third kappa shape index (κ3) is 4.71. The molecule has 2 aliphatic heterocycles. The molecule has 0 spiro atoms. The first-order chi connectivity index (χ1) is 17.3. The number of carbonyl (C=O) groups excluding carboxylic acids is 5. The third-order valence-electron chi connectivity index (χ3n) is 7.03. The summed E-state index contributed by atoms with van der Waals surface area (Å²) in [6.07, 6.45) is 0.0876. The number of ketones is 1. The molecule has 200 valence electrons. The second kappa shape index (κ2) is 10.3. The SMILES string of the molecule is COC(C)(C)[C@]1(C(=O)Nc2ccc([N+](=O)[O-])cc2)C(=O)CCC(=O)N1C(=O)[C@@H]1CCCN1C(=O)[C@H](C)N. The number of ether oxygens (including phenoxy) is 1. The van der Waals surface area contributed by atoms with E-state index in [1.54, 1.807) is 0 Å². The molecule has 1 aromatic carbocycles. The third-order valence-corrected chi connectivity index (χ3v) is 7.03. The quantitative estimate of drug-likeness (QED) is 0.228. The fraction of sp³-hybridized carbons (Fsp3) is 0.542. The second-order valence-corrected chi connectivity index (χ2v) is 9.65. The summed E-state index contributed by atoms with van der Waals surface area (Å²) in [4.78, 5) is 79.8. The number of nitrogens with zero attached hydrogens (tertiary/aromatic N) is 3. The largest absolute Gasteiger partial charge is 0.375 e. The van der Waals surface area contributed by atoms with Gasteiger partial charge in [-0.05, 0) is 45.7 Å². The zero-order valence-corrected chi connectivity index (χ0v) is 21.2. The predicted molar refractivity (Wildman–Crippen MR) is 130 cm³/mol. The van der Waals surface area contributed by atoms with Gasteiger partial charge in [0.05, 0.1) is 11.0 Å². The molecule has 2 aliphatic rings. The molecular formula is C24H31N5O8. The number of methoxy groups -OCH3 is 1. The summed E-state index contributed by atoms with van der Waals surface area (Å²) >= 11 is 0. The maximum absolute atomic E-state index is 14.0. The van der Waals surface area contributed by atoms with Crippen LogP contribution in [0.5, 0.6) is 0 Å². The van der Waals surface area contributed by atoms with Gasteiger partial charge < -0.3 is 20.7 Å². The smallest absolute Gasteiger partial charge is 0.269 e. The molecule has 2 heterocycles. The van der Waals surface area contributed by atoms with Crippen molar-refractivity contribution < 1.29 is 33.6 Å². The summed E-state index contributed by atoms with van der Waals surface area (Å²) in [6, 6.07) is 2.88. The summed E-state index contributed by atoms with van der Waals surface area (Å²) < 4.78 is 5.55. The molecule has 0 radical (unpaired) electrons. The van der Waals surface area contributed by atoms with E-state index in [-0.39, 0.29) is 37.2 Å². The molecule has 4 amide bonds. The first-order valence-corrected chi connectivity index (χ1v) is 11.9. The number of imide groups is 1. The van der Waals surface area contributed by atoms with Gasteiger partial charge in [0.15, 0.2) is 5.78 Å². The van der Waals surface area contributed by atoms with Crippen molar-refractivity contribution in [2.45, 2.75) is 69.7 Å². The lowest BCUT2D eigenvalue weighted by Gasteiger charge is -2.51. The van der Waals surface area contributed by atoms with Gasteiger partial charge in [0.25, 0.3) is 17.5 Å². The minimum absolute atomic E-state index is 0.106. The van der Waals surface area contributed by atoms with E-state index in [0.717, 1.165) is 12.1 Å². The fourth-order valence-electron chi connectivity index (χ4n) is 4.95. The number of piperidine rings is 1. The summed E-state index contributed by atoms with van der Waals surface area (Å²) in [7, 11) is 1.25. The van der Waals surface area contributed by atoms with Crippen molar-refractivity contribution in [2.24, 2.45) is 5.73 Å². The molecule has 13 nitrogen and oxygen atoms in total. The number of hydrogen-bond acceptors (Lipinski definition) is 9. The van der Waals surface area contributed by atoms with E-state index >= 15 is 0 Å². The Bertz CT molecular complexity index is 1130. The number of nitro groups is 1. The summed E-state index contributed by atoms with van der Waals surface area (Å²) in [5.74, 6) is -3.83. The lowest BCUT2D eigenvalue weighted by molar-refractivity contribution is -0.384. The van der Waals surface area contributed by atoms with Crippen LogP contribution in [0.4, 0.5) is 11.4 Å². The van der Waals surface area contributed by atoms with Gasteiger partial charge in [0, 0.05) is 44.3 Å². The number of non-ortho nitro benzene ring substituents is 1. The number of hydrogen-bond donors (Lipinski definition) is 2. The Morgan fingerprint density at radius 1 is 1.22 bits per heavy atom. The Balaban J connectivity index is 2.11. The number of nitrogens with two attached hydrogens (primary N) is 1. The molecule has 3 rings (SSSR count). The minimum Gasteiger partial charge on any atom is -0.375 e. The number of carbonyl (C=O) groups is 5. The van der Waals surface area contributed by atoms with Crippen molar-refractivity contribution >= 4 is 40.8 Å². The Labute approximate surface area is 213 Å². The van der Waals surface area contributed by atoms with Gasteiger partial charge in [-0.3, -0.25) is 39.0 Å². The number of anilines is 1. The Hall–Kier alpha value is -3.71. The molecule has 3 N–H and O–H groups in total. The van der Waals surface area contributed by atoms with Crippen molar-refractivity contribution in [1.82, 2.24) is 9.80 Å². The topological polar surface area (TPSA) is 182 Å². The van der Waals surface area contributed by atoms with Gasteiger partial charge in [0.2, 0.25) is 17.4 Å². The number of rotatable bonds is 7. The van der Waals surface area contributed by atoms with Crippen LogP contribution in [0.15, 0.2) is 24.3 Å². The molecule has 2 fully saturated rings. The average Bonchev–Trinajstić information content (AvgIpc) is 3.34. The molecule has 0 aromatic heterocycles. The van der Waals surface area contributed by atoms with E-state index < -0.39 is 57.6 Å². The maximum atomic E-state index is 14.0. The van der Waals surface area contributed by atoms with Crippen LogP contribution >= 0.6 is 0 Å². The van der Waals surface area contributed by atoms with E-state index in [1.807, 2.05) is 0 Å². The fourth-order valence-corrected chi connectivity index (χ4v) is 4.95. The summed E-state index contributed by atoms with van der Waals surface area (Å²) in [5.41, 5.74) is 1.54. The average molecular weight is 518 g/mol. The van der Waals surface area contributed by atoms with Gasteiger partial charge in [0.1, 0.15) is 11.6 Å². The van der Waals surface area contributed by atoms with Gasteiger partial charge in [-0.2, -0.15) is 0 Å². The van der Waals surface area contributed by atoms with Crippen LogP contribution in [0.2, 0.25) is 0 Å². The van der Waals surface area contributed by atoms with E-state index in [9.17, 15) is 34.1 Å². The molecule has 1 aromatic rings. The van der Waals surface area contributed by atoms with Gasteiger partial charge in [-0.15, -0.1) is 0 Å². The van der Waals surface area contributed by atoms with Crippen LogP contribution < -0.4 is 11.1 Å². The molecule has 0 aliphatic carbocycles. The monoisotopic (exact) mass is 517 g/mol. The predicted octanol–water partition coefficient (Wildman–Crippen LogP) is 0.753. The highest BCUT2D eigenvalue weighted by Gasteiger charge is 2.67.